The summed E-state index contributed by atoms with van der Waals surface area (Å²) in [5.74, 6) is 0.502. The standard InChI is InChI=1S/C13H17Cl2N3O/c14-10-4-11(15)6-12(5-10)18-13(19)17-8-9-2-1-3-16-7-9/h4-6,9,16H,1-3,7-8H2,(H2,17,18,19). The molecule has 2 amide bonds. The number of hydrogen-bond donors (Lipinski definition) is 3. The second-order valence-electron chi connectivity index (χ2n) is 4.71. The lowest BCUT2D eigenvalue weighted by Crippen LogP contribution is -2.39. The van der Waals surface area contributed by atoms with Crippen molar-refractivity contribution in [2.75, 3.05) is 25.0 Å². The second kappa shape index (κ2) is 6.98. The quantitative estimate of drug-likeness (QED) is 0.803. The average Bonchev–Trinajstić information content (AvgIpc) is 2.36. The van der Waals surface area contributed by atoms with Gasteiger partial charge >= 0.3 is 6.03 Å². The van der Waals surface area contributed by atoms with E-state index in [1.54, 1.807) is 18.2 Å². The Morgan fingerprint density at radius 2 is 2.05 bits per heavy atom. The van der Waals surface area contributed by atoms with Crippen LogP contribution in [0.2, 0.25) is 10.0 Å². The second-order valence-corrected chi connectivity index (χ2v) is 5.58. The Morgan fingerprint density at radius 3 is 2.68 bits per heavy atom. The lowest BCUT2D eigenvalue weighted by atomic mass is 10.00. The minimum Gasteiger partial charge on any atom is -0.338 e. The summed E-state index contributed by atoms with van der Waals surface area (Å²) in [6.45, 7) is 2.71. The maximum Gasteiger partial charge on any atom is 0.319 e. The van der Waals surface area contributed by atoms with Gasteiger partial charge in [-0.3, -0.25) is 0 Å². The summed E-state index contributed by atoms with van der Waals surface area (Å²) in [6, 6.07) is 4.72. The SMILES string of the molecule is O=C(NCC1CCCNC1)Nc1cc(Cl)cc(Cl)c1. The van der Waals surface area contributed by atoms with Gasteiger partial charge in [0.15, 0.2) is 0 Å². The molecule has 104 valence electrons. The van der Waals surface area contributed by atoms with E-state index in [-0.39, 0.29) is 6.03 Å². The van der Waals surface area contributed by atoms with E-state index in [2.05, 4.69) is 16.0 Å². The van der Waals surface area contributed by atoms with Gasteiger partial charge in [0.25, 0.3) is 0 Å². The number of urea groups is 1. The van der Waals surface area contributed by atoms with Crippen LogP contribution in [0.25, 0.3) is 0 Å². The maximum atomic E-state index is 11.7. The smallest absolute Gasteiger partial charge is 0.319 e. The monoisotopic (exact) mass is 301 g/mol. The Bertz CT molecular complexity index is 427. The highest BCUT2D eigenvalue weighted by Gasteiger charge is 2.13. The molecule has 1 aromatic rings. The summed E-state index contributed by atoms with van der Waals surface area (Å²) in [7, 11) is 0. The predicted octanol–water partition coefficient (Wildman–Crippen LogP) is 3.11. The van der Waals surface area contributed by atoms with E-state index in [1.165, 1.54) is 0 Å². The van der Waals surface area contributed by atoms with Gasteiger partial charge in [0, 0.05) is 22.3 Å². The highest BCUT2D eigenvalue weighted by atomic mass is 35.5. The van der Waals surface area contributed by atoms with E-state index < -0.39 is 0 Å². The Hall–Kier alpha value is -0.970. The van der Waals surface area contributed by atoms with Gasteiger partial charge in [-0.05, 0) is 50.0 Å². The zero-order chi connectivity index (χ0) is 13.7. The molecule has 0 spiro atoms. The van der Waals surface area contributed by atoms with Gasteiger partial charge in [-0.25, -0.2) is 4.79 Å². The van der Waals surface area contributed by atoms with Gasteiger partial charge in [-0.2, -0.15) is 0 Å². The average molecular weight is 302 g/mol. The minimum atomic E-state index is -0.232. The first kappa shape index (κ1) is 14.4. The van der Waals surface area contributed by atoms with Gasteiger partial charge in [0.05, 0.1) is 0 Å². The van der Waals surface area contributed by atoms with Gasteiger partial charge in [0.1, 0.15) is 0 Å². The number of piperidine rings is 1. The Morgan fingerprint density at radius 1 is 1.32 bits per heavy atom. The van der Waals surface area contributed by atoms with Gasteiger partial charge in [-0.15, -0.1) is 0 Å². The van der Waals surface area contributed by atoms with Crippen molar-refractivity contribution in [3.05, 3.63) is 28.2 Å². The molecule has 0 aromatic heterocycles. The highest BCUT2D eigenvalue weighted by Crippen LogP contribution is 2.22. The fourth-order valence-electron chi connectivity index (χ4n) is 2.14. The largest absolute Gasteiger partial charge is 0.338 e. The summed E-state index contributed by atoms with van der Waals surface area (Å²) in [5, 5.41) is 9.90. The third-order valence-corrected chi connectivity index (χ3v) is 3.51. The summed E-state index contributed by atoms with van der Waals surface area (Å²) in [4.78, 5) is 11.7. The molecule has 19 heavy (non-hydrogen) atoms. The van der Waals surface area contributed by atoms with E-state index in [9.17, 15) is 4.79 Å². The molecule has 4 nitrogen and oxygen atoms in total. The fourth-order valence-corrected chi connectivity index (χ4v) is 2.66. The third kappa shape index (κ3) is 4.90. The molecule has 0 aliphatic carbocycles. The molecule has 1 aliphatic heterocycles. The van der Waals surface area contributed by atoms with Gasteiger partial charge < -0.3 is 16.0 Å². The summed E-state index contributed by atoms with van der Waals surface area (Å²) in [6.07, 6.45) is 2.31. The van der Waals surface area contributed by atoms with Crippen molar-refractivity contribution in [2.24, 2.45) is 5.92 Å². The van der Waals surface area contributed by atoms with E-state index >= 15 is 0 Å². The lowest BCUT2D eigenvalue weighted by Gasteiger charge is -2.22. The zero-order valence-electron chi connectivity index (χ0n) is 10.5. The Balaban J connectivity index is 1.80. The molecular weight excluding hydrogens is 285 g/mol. The van der Waals surface area contributed by atoms with E-state index in [0.717, 1.165) is 25.9 Å². The molecule has 0 bridgehead atoms. The zero-order valence-corrected chi connectivity index (χ0v) is 12.0. The van der Waals surface area contributed by atoms with Crippen molar-refractivity contribution >= 4 is 34.9 Å². The molecular formula is C13H17Cl2N3O. The van der Waals surface area contributed by atoms with Crippen molar-refractivity contribution in [1.29, 1.82) is 0 Å². The maximum absolute atomic E-state index is 11.7. The van der Waals surface area contributed by atoms with Gasteiger partial charge in [-0.1, -0.05) is 23.2 Å². The van der Waals surface area contributed by atoms with Crippen LogP contribution >= 0.6 is 23.2 Å². The topological polar surface area (TPSA) is 53.2 Å². The van der Waals surface area contributed by atoms with Crippen molar-refractivity contribution < 1.29 is 4.79 Å². The molecule has 1 aliphatic rings. The van der Waals surface area contributed by atoms with Crippen molar-refractivity contribution in [1.82, 2.24) is 10.6 Å². The van der Waals surface area contributed by atoms with Crippen LogP contribution in [0.4, 0.5) is 10.5 Å². The minimum absolute atomic E-state index is 0.232. The first-order valence-electron chi connectivity index (χ1n) is 6.35. The van der Waals surface area contributed by atoms with E-state index in [4.69, 9.17) is 23.2 Å². The van der Waals surface area contributed by atoms with Crippen LogP contribution in [0.5, 0.6) is 0 Å². The lowest BCUT2D eigenvalue weighted by molar-refractivity contribution is 0.248. The summed E-state index contributed by atoms with van der Waals surface area (Å²) >= 11 is 11.7. The number of nitrogens with one attached hydrogen (secondary N) is 3. The van der Waals surface area contributed by atoms with Crippen LogP contribution in [0, 0.1) is 5.92 Å². The van der Waals surface area contributed by atoms with Crippen LogP contribution in [0.1, 0.15) is 12.8 Å². The number of benzene rings is 1. The molecule has 2 rings (SSSR count). The molecule has 0 saturated carbocycles. The normalized spacial score (nSPS) is 18.9. The molecule has 6 heteroatoms. The number of hydrogen-bond acceptors (Lipinski definition) is 2. The molecule has 0 radical (unpaired) electrons. The first-order valence-corrected chi connectivity index (χ1v) is 7.11. The number of halogens is 2. The van der Waals surface area contributed by atoms with Crippen LogP contribution in [0.3, 0.4) is 0 Å². The number of carbonyl (C=O) groups excluding carboxylic acids is 1. The number of carbonyl (C=O) groups is 1. The Labute approximate surface area is 122 Å². The number of rotatable bonds is 3. The third-order valence-electron chi connectivity index (χ3n) is 3.07. The Kier molecular flexibility index (Phi) is 5.31. The molecule has 1 aromatic carbocycles. The van der Waals surface area contributed by atoms with Crippen LogP contribution in [-0.4, -0.2) is 25.7 Å². The molecule has 1 saturated heterocycles. The van der Waals surface area contributed by atoms with E-state index in [1.807, 2.05) is 0 Å². The fraction of sp³-hybridized carbons (Fsp3) is 0.462. The van der Waals surface area contributed by atoms with Crippen molar-refractivity contribution in [3.8, 4) is 0 Å². The summed E-state index contributed by atoms with van der Waals surface area (Å²) in [5.41, 5.74) is 0.594. The van der Waals surface area contributed by atoms with Gasteiger partial charge in [0.2, 0.25) is 0 Å². The van der Waals surface area contributed by atoms with Crippen molar-refractivity contribution in [3.63, 3.8) is 0 Å². The van der Waals surface area contributed by atoms with E-state index in [0.29, 0.717) is 28.2 Å². The highest BCUT2D eigenvalue weighted by molar-refractivity contribution is 6.35. The molecule has 1 atom stereocenters. The number of anilines is 1. The first-order chi connectivity index (χ1) is 9.13. The summed E-state index contributed by atoms with van der Waals surface area (Å²) < 4.78 is 0. The molecule has 1 unspecified atom stereocenters. The van der Waals surface area contributed by atoms with Crippen LogP contribution in [-0.2, 0) is 0 Å². The van der Waals surface area contributed by atoms with Crippen LogP contribution in [0.15, 0.2) is 18.2 Å². The van der Waals surface area contributed by atoms with Crippen LogP contribution < -0.4 is 16.0 Å². The van der Waals surface area contributed by atoms with Crippen molar-refractivity contribution in [2.45, 2.75) is 12.8 Å². The molecule has 1 fully saturated rings. The predicted molar refractivity (Wildman–Crippen MR) is 79.1 cm³/mol. The molecule has 1 heterocycles. The molecule has 3 N–H and O–H groups in total. The number of amides is 2.